The molecule has 1 fully saturated rings. The van der Waals surface area contributed by atoms with Gasteiger partial charge in [-0.1, -0.05) is 19.1 Å². The predicted octanol–water partition coefficient (Wildman–Crippen LogP) is 3.22. The van der Waals surface area contributed by atoms with Gasteiger partial charge >= 0.3 is 5.97 Å². The fraction of sp³-hybridized carbons (Fsp3) is 0.300. The highest BCUT2D eigenvalue weighted by Gasteiger charge is 2.36. The minimum absolute atomic E-state index is 0.0547. The van der Waals surface area contributed by atoms with Crippen LogP contribution in [0.3, 0.4) is 0 Å². The molecule has 5 nitrogen and oxygen atoms in total. The molecule has 1 saturated heterocycles. The molecule has 1 atom stereocenters. The molecule has 25 heavy (non-hydrogen) atoms. The molecule has 5 heteroatoms. The van der Waals surface area contributed by atoms with Crippen molar-refractivity contribution in [3.05, 3.63) is 54.1 Å². The molecule has 0 aliphatic carbocycles. The minimum atomic E-state index is -0.458. The lowest BCUT2D eigenvalue weighted by atomic mass is 10.1. The first-order valence-corrected chi connectivity index (χ1v) is 8.35. The van der Waals surface area contributed by atoms with Crippen molar-refractivity contribution in [1.29, 1.82) is 0 Å². The van der Waals surface area contributed by atoms with Crippen LogP contribution < -0.4 is 14.4 Å². The maximum absolute atomic E-state index is 12.4. The highest BCUT2D eigenvalue weighted by Crippen LogP contribution is 2.27. The van der Waals surface area contributed by atoms with Crippen molar-refractivity contribution < 1.29 is 19.1 Å². The van der Waals surface area contributed by atoms with Crippen molar-refractivity contribution in [3.8, 4) is 11.5 Å². The summed E-state index contributed by atoms with van der Waals surface area (Å²) in [4.78, 5) is 26.3. The van der Waals surface area contributed by atoms with Crippen LogP contribution in [0.2, 0.25) is 0 Å². The molecule has 1 amide bonds. The number of amides is 1. The first-order chi connectivity index (χ1) is 12.1. The maximum Gasteiger partial charge on any atom is 0.316 e. The summed E-state index contributed by atoms with van der Waals surface area (Å²) in [7, 11) is 1.58. The van der Waals surface area contributed by atoms with Crippen molar-refractivity contribution in [2.75, 3.05) is 18.6 Å². The summed E-state index contributed by atoms with van der Waals surface area (Å²) in [6, 6.07) is 14.7. The lowest BCUT2D eigenvalue weighted by Crippen LogP contribution is -2.27. The van der Waals surface area contributed by atoms with Gasteiger partial charge in [0.05, 0.1) is 13.0 Å². The average Bonchev–Trinajstić information content (AvgIpc) is 3.04. The molecule has 0 unspecified atom stereocenters. The Balaban J connectivity index is 1.65. The molecule has 2 aromatic rings. The lowest BCUT2D eigenvalue weighted by molar-refractivity contribution is -0.139. The quantitative estimate of drug-likeness (QED) is 0.620. The summed E-state index contributed by atoms with van der Waals surface area (Å²) in [5.74, 6) is 0.245. The number of carbonyl (C=O) groups excluding carboxylic acids is 2. The van der Waals surface area contributed by atoms with Crippen molar-refractivity contribution in [1.82, 2.24) is 0 Å². The number of anilines is 1. The van der Waals surface area contributed by atoms with Gasteiger partial charge in [0.25, 0.3) is 0 Å². The Bertz CT molecular complexity index is 752. The van der Waals surface area contributed by atoms with Gasteiger partial charge in [0.15, 0.2) is 0 Å². The van der Waals surface area contributed by atoms with Crippen molar-refractivity contribution in [3.63, 3.8) is 0 Å². The molecule has 1 aliphatic rings. The SMILES string of the molecule is CCc1ccc(N2C[C@H](C(=O)Oc3ccc(OC)cc3)CC2=O)cc1. The van der Waals surface area contributed by atoms with E-state index in [0.717, 1.165) is 12.1 Å². The zero-order valence-electron chi connectivity index (χ0n) is 14.4. The molecule has 2 aromatic carbocycles. The van der Waals surface area contributed by atoms with Gasteiger partial charge in [-0.05, 0) is 48.4 Å². The van der Waals surface area contributed by atoms with E-state index in [1.807, 2.05) is 24.3 Å². The van der Waals surface area contributed by atoms with Gasteiger partial charge in [0.1, 0.15) is 11.5 Å². The topological polar surface area (TPSA) is 55.8 Å². The average molecular weight is 339 g/mol. The van der Waals surface area contributed by atoms with E-state index in [1.165, 1.54) is 5.56 Å². The van der Waals surface area contributed by atoms with Crippen LogP contribution in [0, 0.1) is 5.92 Å². The van der Waals surface area contributed by atoms with E-state index in [9.17, 15) is 9.59 Å². The highest BCUT2D eigenvalue weighted by molar-refractivity contribution is 5.99. The van der Waals surface area contributed by atoms with E-state index in [2.05, 4.69) is 6.92 Å². The summed E-state index contributed by atoms with van der Waals surface area (Å²) in [5.41, 5.74) is 2.04. The monoisotopic (exact) mass is 339 g/mol. The number of ether oxygens (including phenoxy) is 2. The number of esters is 1. The Labute approximate surface area is 147 Å². The summed E-state index contributed by atoms with van der Waals surface area (Å²) in [6.07, 6.45) is 1.12. The third-order valence-electron chi connectivity index (χ3n) is 4.39. The molecule has 0 spiro atoms. The normalized spacial score (nSPS) is 16.8. The Hall–Kier alpha value is -2.82. The number of aryl methyl sites for hydroxylation is 1. The van der Waals surface area contributed by atoms with Gasteiger partial charge < -0.3 is 14.4 Å². The Kier molecular flexibility index (Phi) is 5.03. The van der Waals surface area contributed by atoms with Gasteiger partial charge in [-0.15, -0.1) is 0 Å². The second kappa shape index (κ2) is 7.38. The molecule has 1 heterocycles. The van der Waals surface area contributed by atoms with Gasteiger partial charge in [-0.2, -0.15) is 0 Å². The van der Waals surface area contributed by atoms with Gasteiger partial charge in [-0.25, -0.2) is 0 Å². The summed E-state index contributed by atoms with van der Waals surface area (Å²) >= 11 is 0. The van der Waals surface area contributed by atoms with Crippen LogP contribution in [0.25, 0.3) is 0 Å². The molecule has 0 bridgehead atoms. The van der Waals surface area contributed by atoms with Crippen LogP contribution in [-0.2, 0) is 16.0 Å². The molecule has 0 N–H and O–H groups in total. The second-order valence-corrected chi connectivity index (χ2v) is 6.02. The summed E-state index contributed by atoms with van der Waals surface area (Å²) in [5, 5.41) is 0. The summed E-state index contributed by atoms with van der Waals surface area (Å²) < 4.78 is 10.5. The minimum Gasteiger partial charge on any atom is -0.497 e. The van der Waals surface area contributed by atoms with E-state index in [4.69, 9.17) is 9.47 Å². The Morgan fingerprint density at radius 1 is 1.08 bits per heavy atom. The number of hydrogen-bond acceptors (Lipinski definition) is 4. The van der Waals surface area contributed by atoms with Gasteiger partial charge in [0, 0.05) is 18.7 Å². The molecular formula is C20H21NO4. The van der Waals surface area contributed by atoms with Crippen LogP contribution >= 0.6 is 0 Å². The number of hydrogen-bond donors (Lipinski definition) is 0. The molecule has 3 rings (SSSR count). The molecule has 0 saturated carbocycles. The molecular weight excluding hydrogens is 318 g/mol. The zero-order valence-corrected chi connectivity index (χ0v) is 14.4. The van der Waals surface area contributed by atoms with Crippen LogP contribution in [-0.4, -0.2) is 25.5 Å². The highest BCUT2D eigenvalue weighted by atomic mass is 16.5. The number of benzene rings is 2. The first kappa shape index (κ1) is 17.0. The number of rotatable bonds is 5. The van der Waals surface area contributed by atoms with Crippen molar-refractivity contribution in [2.24, 2.45) is 5.92 Å². The fourth-order valence-corrected chi connectivity index (χ4v) is 2.87. The van der Waals surface area contributed by atoms with E-state index in [1.54, 1.807) is 36.3 Å². The van der Waals surface area contributed by atoms with E-state index in [0.29, 0.717) is 18.0 Å². The maximum atomic E-state index is 12.4. The predicted molar refractivity (Wildman–Crippen MR) is 94.9 cm³/mol. The van der Waals surface area contributed by atoms with Gasteiger partial charge in [0.2, 0.25) is 5.91 Å². The number of carbonyl (C=O) groups is 2. The summed E-state index contributed by atoms with van der Waals surface area (Å²) in [6.45, 7) is 2.43. The number of nitrogens with zero attached hydrogens (tertiary/aromatic N) is 1. The Morgan fingerprint density at radius 3 is 2.32 bits per heavy atom. The second-order valence-electron chi connectivity index (χ2n) is 6.02. The van der Waals surface area contributed by atoms with Gasteiger partial charge in [-0.3, -0.25) is 9.59 Å². The third kappa shape index (κ3) is 3.82. The van der Waals surface area contributed by atoms with Crippen LogP contribution in [0.1, 0.15) is 18.9 Å². The van der Waals surface area contributed by atoms with Crippen LogP contribution in [0.15, 0.2) is 48.5 Å². The van der Waals surface area contributed by atoms with E-state index >= 15 is 0 Å². The first-order valence-electron chi connectivity index (χ1n) is 8.35. The standard InChI is InChI=1S/C20H21NO4/c1-3-14-4-6-16(7-5-14)21-13-15(12-19(21)22)20(23)25-18-10-8-17(24-2)9-11-18/h4-11,15H,3,12-13H2,1-2H3/t15-/m1/s1. The van der Waals surface area contributed by atoms with Crippen molar-refractivity contribution in [2.45, 2.75) is 19.8 Å². The van der Waals surface area contributed by atoms with Crippen molar-refractivity contribution >= 4 is 17.6 Å². The fourth-order valence-electron chi connectivity index (χ4n) is 2.87. The lowest BCUT2D eigenvalue weighted by Gasteiger charge is -2.17. The zero-order chi connectivity index (χ0) is 17.8. The van der Waals surface area contributed by atoms with Crippen LogP contribution in [0.5, 0.6) is 11.5 Å². The van der Waals surface area contributed by atoms with E-state index in [-0.39, 0.29) is 18.3 Å². The smallest absolute Gasteiger partial charge is 0.316 e. The molecule has 1 aliphatic heterocycles. The largest absolute Gasteiger partial charge is 0.497 e. The number of methoxy groups -OCH3 is 1. The molecule has 0 radical (unpaired) electrons. The van der Waals surface area contributed by atoms with Crippen LogP contribution in [0.4, 0.5) is 5.69 Å². The Morgan fingerprint density at radius 2 is 1.72 bits per heavy atom. The van der Waals surface area contributed by atoms with E-state index < -0.39 is 5.92 Å². The third-order valence-corrected chi connectivity index (χ3v) is 4.39. The molecule has 130 valence electrons. The molecule has 0 aromatic heterocycles.